The second kappa shape index (κ2) is 7.51. The fraction of sp³-hybridized carbons (Fsp3) is 0.174. The van der Waals surface area contributed by atoms with Crippen molar-refractivity contribution in [1.29, 1.82) is 0 Å². The Hall–Kier alpha value is -3.87. The van der Waals surface area contributed by atoms with Crippen molar-refractivity contribution in [2.75, 3.05) is 5.32 Å². The van der Waals surface area contributed by atoms with E-state index >= 15 is 0 Å². The molecule has 4 aromatic rings. The molecule has 0 aliphatic heterocycles. The summed E-state index contributed by atoms with van der Waals surface area (Å²) in [5, 5.41) is 2.79. The van der Waals surface area contributed by atoms with E-state index in [1.807, 2.05) is 44.2 Å². The van der Waals surface area contributed by atoms with Gasteiger partial charge in [0.1, 0.15) is 12.1 Å². The van der Waals surface area contributed by atoms with Gasteiger partial charge in [0.25, 0.3) is 5.56 Å². The largest absolute Gasteiger partial charge is 0.342 e. The lowest BCUT2D eigenvalue weighted by Crippen LogP contribution is -2.41. The number of aryl methyl sites for hydroxylation is 3. The van der Waals surface area contributed by atoms with Crippen molar-refractivity contribution >= 4 is 22.6 Å². The molecule has 2 aromatic carbocycles. The van der Waals surface area contributed by atoms with E-state index in [1.165, 1.54) is 4.57 Å². The maximum absolute atomic E-state index is 13.3. The number of nitrogens with one attached hydrogen (secondary N) is 1. The number of benzene rings is 2. The Balaban J connectivity index is 1.89. The Morgan fingerprint density at radius 3 is 2.30 bits per heavy atom. The van der Waals surface area contributed by atoms with E-state index in [1.54, 1.807) is 41.9 Å². The molecule has 1 amide bonds. The van der Waals surface area contributed by atoms with Crippen LogP contribution in [0.15, 0.2) is 70.3 Å². The summed E-state index contributed by atoms with van der Waals surface area (Å²) >= 11 is 0. The van der Waals surface area contributed by atoms with Crippen LogP contribution in [0.4, 0.5) is 5.69 Å². The zero-order valence-electron chi connectivity index (χ0n) is 17.0. The van der Waals surface area contributed by atoms with E-state index < -0.39 is 11.2 Å². The van der Waals surface area contributed by atoms with Gasteiger partial charge in [-0.25, -0.2) is 9.36 Å². The molecule has 0 aliphatic rings. The van der Waals surface area contributed by atoms with Gasteiger partial charge >= 0.3 is 5.69 Å². The Labute approximate surface area is 172 Å². The standard InChI is InChI=1S/C23H22N4O3/c1-15-9-11-18(12-10-15)27-22(29)21-19(13-16(2)25(21)3)26(23(27)30)14-20(28)24-17-7-5-4-6-8-17/h4-13H,14H2,1-3H3,(H,24,28). The predicted molar refractivity (Wildman–Crippen MR) is 117 cm³/mol. The number of hydrogen-bond donors (Lipinski definition) is 1. The summed E-state index contributed by atoms with van der Waals surface area (Å²) in [6.45, 7) is 3.58. The number of carbonyl (C=O) groups excluding carboxylic acids is 1. The minimum absolute atomic E-state index is 0.209. The van der Waals surface area contributed by atoms with Crippen LogP contribution in [0.25, 0.3) is 16.7 Å². The van der Waals surface area contributed by atoms with Crippen molar-refractivity contribution in [3.63, 3.8) is 0 Å². The van der Waals surface area contributed by atoms with E-state index in [4.69, 9.17) is 0 Å². The summed E-state index contributed by atoms with van der Waals surface area (Å²) in [6, 6.07) is 17.9. The topological polar surface area (TPSA) is 78.0 Å². The van der Waals surface area contributed by atoms with Crippen molar-refractivity contribution in [1.82, 2.24) is 13.7 Å². The summed E-state index contributed by atoms with van der Waals surface area (Å²) < 4.78 is 4.21. The van der Waals surface area contributed by atoms with E-state index in [0.717, 1.165) is 15.8 Å². The number of amides is 1. The highest BCUT2D eigenvalue weighted by Crippen LogP contribution is 2.15. The molecule has 2 aromatic heterocycles. The molecular formula is C23H22N4O3. The van der Waals surface area contributed by atoms with Crippen molar-refractivity contribution < 1.29 is 4.79 Å². The second-order valence-corrected chi connectivity index (χ2v) is 7.34. The molecule has 7 heteroatoms. The molecule has 0 saturated heterocycles. The Kier molecular flexibility index (Phi) is 4.87. The number of nitrogens with zero attached hydrogens (tertiary/aromatic N) is 3. The average molecular weight is 402 g/mol. The Morgan fingerprint density at radius 1 is 0.967 bits per heavy atom. The van der Waals surface area contributed by atoms with Gasteiger partial charge in [-0.1, -0.05) is 35.9 Å². The van der Waals surface area contributed by atoms with Crippen LogP contribution in [0.5, 0.6) is 0 Å². The van der Waals surface area contributed by atoms with E-state index in [0.29, 0.717) is 22.4 Å². The maximum Gasteiger partial charge on any atom is 0.336 e. The minimum Gasteiger partial charge on any atom is -0.342 e. The van der Waals surface area contributed by atoms with Crippen LogP contribution < -0.4 is 16.6 Å². The molecule has 30 heavy (non-hydrogen) atoms. The second-order valence-electron chi connectivity index (χ2n) is 7.34. The highest BCUT2D eigenvalue weighted by atomic mass is 16.2. The zero-order valence-corrected chi connectivity index (χ0v) is 17.0. The lowest BCUT2D eigenvalue weighted by Gasteiger charge is -2.13. The molecule has 1 N–H and O–H groups in total. The Bertz CT molecular complexity index is 1360. The van der Waals surface area contributed by atoms with Crippen LogP contribution in [0.2, 0.25) is 0 Å². The highest BCUT2D eigenvalue weighted by molar-refractivity contribution is 5.91. The number of para-hydroxylation sites is 1. The fourth-order valence-corrected chi connectivity index (χ4v) is 3.53. The number of aromatic nitrogens is 3. The molecule has 0 fully saturated rings. The van der Waals surface area contributed by atoms with Crippen LogP contribution in [-0.2, 0) is 18.4 Å². The van der Waals surface area contributed by atoms with Gasteiger partial charge in [0.05, 0.1) is 11.2 Å². The highest BCUT2D eigenvalue weighted by Gasteiger charge is 2.20. The quantitative estimate of drug-likeness (QED) is 0.570. The number of rotatable bonds is 4. The molecule has 4 rings (SSSR count). The molecule has 0 atom stereocenters. The third kappa shape index (κ3) is 3.34. The van der Waals surface area contributed by atoms with Gasteiger partial charge in [0, 0.05) is 18.4 Å². The third-order valence-electron chi connectivity index (χ3n) is 5.22. The Morgan fingerprint density at radius 2 is 1.63 bits per heavy atom. The number of hydrogen-bond acceptors (Lipinski definition) is 3. The molecule has 0 aliphatic carbocycles. The minimum atomic E-state index is -0.551. The first kappa shape index (κ1) is 19.4. The first-order valence-corrected chi connectivity index (χ1v) is 9.60. The van der Waals surface area contributed by atoms with Crippen molar-refractivity contribution in [2.45, 2.75) is 20.4 Å². The molecule has 152 valence electrons. The summed E-state index contributed by atoms with van der Waals surface area (Å²) in [7, 11) is 1.78. The van der Waals surface area contributed by atoms with Crippen LogP contribution in [0.3, 0.4) is 0 Å². The molecule has 0 saturated carbocycles. The van der Waals surface area contributed by atoms with E-state index in [2.05, 4.69) is 5.32 Å². The van der Waals surface area contributed by atoms with Crippen molar-refractivity contribution in [3.8, 4) is 5.69 Å². The lowest BCUT2D eigenvalue weighted by atomic mass is 10.2. The van der Waals surface area contributed by atoms with E-state index in [9.17, 15) is 14.4 Å². The van der Waals surface area contributed by atoms with Gasteiger partial charge in [-0.3, -0.25) is 14.2 Å². The molecular weight excluding hydrogens is 380 g/mol. The molecule has 7 nitrogen and oxygen atoms in total. The summed E-state index contributed by atoms with van der Waals surface area (Å²) in [5.74, 6) is -0.347. The van der Waals surface area contributed by atoms with Crippen LogP contribution in [0, 0.1) is 13.8 Å². The number of anilines is 1. The monoisotopic (exact) mass is 402 g/mol. The molecule has 0 bridgehead atoms. The molecule has 0 unspecified atom stereocenters. The predicted octanol–water partition coefficient (Wildman–Crippen LogP) is 2.75. The summed E-state index contributed by atoms with van der Waals surface area (Å²) in [4.78, 5) is 39.2. The normalized spacial score (nSPS) is 11.0. The number of carbonyl (C=O) groups is 1. The van der Waals surface area contributed by atoms with Gasteiger partial charge in [0.15, 0.2) is 0 Å². The van der Waals surface area contributed by atoms with Gasteiger partial charge < -0.3 is 9.88 Å². The fourth-order valence-electron chi connectivity index (χ4n) is 3.53. The molecule has 0 radical (unpaired) electrons. The first-order valence-electron chi connectivity index (χ1n) is 9.60. The van der Waals surface area contributed by atoms with Crippen LogP contribution in [-0.4, -0.2) is 19.6 Å². The van der Waals surface area contributed by atoms with Gasteiger partial charge in [0.2, 0.25) is 5.91 Å². The maximum atomic E-state index is 13.3. The summed E-state index contributed by atoms with van der Waals surface area (Å²) in [5.41, 5.74) is 2.80. The molecule has 2 heterocycles. The van der Waals surface area contributed by atoms with Gasteiger partial charge in [-0.05, 0) is 44.2 Å². The third-order valence-corrected chi connectivity index (χ3v) is 5.22. The first-order chi connectivity index (χ1) is 14.4. The van der Waals surface area contributed by atoms with Crippen molar-refractivity contribution in [3.05, 3.63) is 92.8 Å². The zero-order chi connectivity index (χ0) is 21.4. The number of fused-ring (bicyclic) bond motifs is 1. The average Bonchev–Trinajstić information content (AvgIpc) is 3.02. The van der Waals surface area contributed by atoms with E-state index in [-0.39, 0.29) is 12.5 Å². The van der Waals surface area contributed by atoms with Crippen molar-refractivity contribution in [2.24, 2.45) is 7.05 Å². The smallest absolute Gasteiger partial charge is 0.336 e. The lowest BCUT2D eigenvalue weighted by molar-refractivity contribution is -0.116. The molecule has 0 spiro atoms. The van der Waals surface area contributed by atoms with Gasteiger partial charge in [-0.15, -0.1) is 0 Å². The van der Waals surface area contributed by atoms with Crippen LogP contribution in [0.1, 0.15) is 11.3 Å². The SMILES string of the molecule is Cc1ccc(-n2c(=O)c3c(cc(C)n3C)n(CC(=O)Nc3ccccc3)c2=O)cc1. The van der Waals surface area contributed by atoms with Crippen LogP contribution >= 0.6 is 0 Å². The summed E-state index contributed by atoms with van der Waals surface area (Å²) in [6.07, 6.45) is 0. The van der Waals surface area contributed by atoms with Gasteiger partial charge in [-0.2, -0.15) is 0 Å².